The van der Waals surface area contributed by atoms with E-state index in [2.05, 4.69) is 19.2 Å². The van der Waals surface area contributed by atoms with Crippen LogP contribution in [0.4, 0.5) is 0 Å². The first-order valence-electron chi connectivity index (χ1n) is 33.5. The van der Waals surface area contributed by atoms with Crippen LogP contribution >= 0.6 is 0 Å². The average molecular weight is 1030 g/mol. The van der Waals surface area contributed by atoms with E-state index in [9.17, 15) is 19.8 Å². The molecule has 0 aromatic rings. The molecule has 0 heterocycles. The molecule has 0 radical (unpaired) electrons. The van der Waals surface area contributed by atoms with Crippen LogP contribution in [0, 0.1) is 0 Å². The molecule has 0 aromatic carbocycles. The quantitative estimate of drug-likeness (QED) is 0.0320. The lowest BCUT2D eigenvalue weighted by atomic mass is 10.0. The highest BCUT2D eigenvalue weighted by molar-refractivity contribution is 5.76. The Balaban J connectivity index is 3.32. The first-order valence-corrected chi connectivity index (χ1v) is 33.5. The van der Waals surface area contributed by atoms with Crippen molar-refractivity contribution >= 4 is 11.9 Å². The van der Waals surface area contributed by atoms with Crippen molar-refractivity contribution in [2.75, 3.05) is 13.2 Å². The fourth-order valence-corrected chi connectivity index (χ4v) is 10.7. The second-order valence-electron chi connectivity index (χ2n) is 23.2. The Bertz CT molecular complexity index is 1100. The van der Waals surface area contributed by atoms with Crippen molar-refractivity contribution in [3.8, 4) is 0 Å². The van der Waals surface area contributed by atoms with E-state index in [-0.39, 0.29) is 18.5 Å². The van der Waals surface area contributed by atoms with Gasteiger partial charge in [-0.15, -0.1) is 0 Å². The molecule has 434 valence electrons. The molecule has 2 unspecified atom stereocenters. The summed E-state index contributed by atoms with van der Waals surface area (Å²) in [4.78, 5) is 24.5. The van der Waals surface area contributed by atoms with E-state index in [1.807, 2.05) is 6.08 Å². The molecule has 1 amide bonds. The maximum Gasteiger partial charge on any atom is 0.305 e. The van der Waals surface area contributed by atoms with Gasteiger partial charge in [0, 0.05) is 12.8 Å². The van der Waals surface area contributed by atoms with E-state index in [4.69, 9.17) is 4.74 Å². The molecule has 0 aliphatic carbocycles. The molecule has 0 saturated heterocycles. The van der Waals surface area contributed by atoms with E-state index in [1.165, 1.54) is 315 Å². The minimum absolute atomic E-state index is 0.0220. The van der Waals surface area contributed by atoms with Crippen LogP contribution < -0.4 is 5.32 Å². The Morgan fingerprint density at radius 3 is 0.932 bits per heavy atom. The van der Waals surface area contributed by atoms with Crippen molar-refractivity contribution in [1.82, 2.24) is 5.32 Å². The molecule has 2 atom stereocenters. The van der Waals surface area contributed by atoms with Crippen molar-refractivity contribution in [1.29, 1.82) is 0 Å². The summed E-state index contributed by atoms with van der Waals surface area (Å²) in [5.74, 6) is -0.0403. The van der Waals surface area contributed by atoms with Gasteiger partial charge < -0.3 is 20.3 Å². The first kappa shape index (κ1) is 71.6. The third kappa shape index (κ3) is 59.7. The standard InChI is InChI=1S/C67H131NO5/c1-3-5-7-9-11-13-15-35-39-43-47-51-55-59-65(70)64(63-69)68-66(71)60-56-52-48-44-40-37-33-31-29-27-25-23-21-19-17-18-20-22-24-26-28-30-32-34-38-42-46-50-54-58-62-73-67(72)61-57-53-49-45-41-36-16-14-12-10-8-6-4-2/h55,59,64-65,69-70H,3-54,56-58,60-63H2,1-2H3,(H,68,71)/b59-55+. The van der Waals surface area contributed by atoms with Crippen molar-refractivity contribution in [3.05, 3.63) is 12.2 Å². The minimum Gasteiger partial charge on any atom is -0.466 e. The number of allylic oxidation sites excluding steroid dienone is 1. The molecule has 0 saturated carbocycles. The Hall–Kier alpha value is -1.40. The molecule has 0 aliphatic heterocycles. The molecule has 6 heteroatoms. The zero-order valence-electron chi connectivity index (χ0n) is 49.6. The number of carbonyl (C=O) groups excluding carboxylic acids is 2. The molecular weight excluding hydrogens is 899 g/mol. The zero-order chi connectivity index (χ0) is 52.9. The van der Waals surface area contributed by atoms with Crippen LogP contribution in [0.5, 0.6) is 0 Å². The summed E-state index contributed by atoms with van der Waals surface area (Å²) in [6.45, 7) is 4.93. The lowest BCUT2D eigenvalue weighted by Crippen LogP contribution is -2.45. The number of hydrogen-bond donors (Lipinski definition) is 3. The number of aliphatic hydroxyl groups is 2. The summed E-state index contributed by atoms with van der Waals surface area (Å²) in [5.41, 5.74) is 0. The maximum absolute atomic E-state index is 12.5. The molecule has 0 aliphatic rings. The van der Waals surface area contributed by atoms with Crippen molar-refractivity contribution < 1.29 is 24.5 Å². The smallest absolute Gasteiger partial charge is 0.305 e. The Kier molecular flexibility index (Phi) is 61.9. The van der Waals surface area contributed by atoms with Gasteiger partial charge in [-0.05, 0) is 32.1 Å². The molecule has 0 spiro atoms. The number of carbonyl (C=O) groups is 2. The van der Waals surface area contributed by atoms with Crippen LogP contribution in [-0.4, -0.2) is 47.4 Å². The fourth-order valence-electron chi connectivity index (χ4n) is 10.7. The van der Waals surface area contributed by atoms with Gasteiger partial charge in [0.15, 0.2) is 0 Å². The molecule has 0 bridgehead atoms. The molecule has 3 N–H and O–H groups in total. The van der Waals surface area contributed by atoms with Crippen LogP contribution in [0.25, 0.3) is 0 Å². The zero-order valence-corrected chi connectivity index (χ0v) is 49.6. The second kappa shape index (κ2) is 63.1. The Morgan fingerprint density at radius 2 is 0.630 bits per heavy atom. The van der Waals surface area contributed by atoms with E-state index >= 15 is 0 Å². The van der Waals surface area contributed by atoms with Gasteiger partial charge in [-0.25, -0.2) is 0 Å². The monoisotopic (exact) mass is 1030 g/mol. The second-order valence-corrected chi connectivity index (χ2v) is 23.2. The summed E-state index contributed by atoms with van der Waals surface area (Å²) >= 11 is 0. The normalized spacial score (nSPS) is 12.5. The Morgan fingerprint density at radius 1 is 0.370 bits per heavy atom. The van der Waals surface area contributed by atoms with Gasteiger partial charge >= 0.3 is 5.97 Å². The molecule has 0 fully saturated rings. The highest BCUT2D eigenvalue weighted by Crippen LogP contribution is 2.19. The topological polar surface area (TPSA) is 95.9 Å². The van der Waals surface area contributed by atoms with E-state index < -0.39 is 12.1 Å². The number of aliphatic hydroxyl groups excluding tert-OH is 2. The largest absolute Gasteiger partial charge is 0.466 e. The number of esters is 1. The summed E-state index contributed by atoms with van der Waals surface area (Å²) in [5, 5.41) is 23.1. The molecule has 0 rings (SSSR count). The number of ether oxygens (including phenoxy) is 1. The summed E-state index contributed by atoms with van der Waals surface area (Å²) in [6, 6.07) is -0.623. The van der Waals surface area contributed by atoms with Crippen molar-refractivity contribution in [2.45, 2.75) is 392 Å². The van der Waals surface area contributed by atoms with Gasteiger partial charge in [0.25, 0.3) is 0 Å². The van der Waals surface area contributed by atoms with Crippen LogP contribution in [-0.2, 0) is 14.3 Å². The number of nitrogens with one attached hydrogen (secondary N) is 1. The van der Waals surface area contributed by atoms with E-state index in [0.717, 1.165) is 38.5 Å². The number of hydrogen-bond acceptors (Lipinski definition) is 5. The molecule has 73 heavy (non-hydrogen) atoms. The van der Waals surface area contributed by atoms with Gasteiger partial charge in [0.1, 0.15) is 0 Å². The summed E-state index contributed by atoms with van der Waals surface area (Å²) in [7, 11) is 0. The minimum atomic E-state index is -0.840. The molecule has 0 aromatic heterocycles. The van der Waals surface area contributed by atoms with Crippen LogP contribution in [0.1, 0.15) is 380 Å². The van der Waals surface area contributed by atoms with Gasteiger partial charge in [0.2, 0.25) is 5.91 Å². The highest BCUT2D eigenvalue weighted by Gasteiger charge is 2.18. The SMILES string of the molecule is CCCCCCCCCCCCC/C=C/C(O)C(CO)NC(=O)CCCCCCCCCCCCCCCCCCCCCCCCCCCCCCCCOC(=O)CCCCCCCCCCCCCCC. The van der Waals surface area contributed by atoms with Crippen LogP contribution in [0.15, 0.2) is 12.2 Å². The number of amides is 1. The van der Waals surface area contributed by atoms with Crippen molar-refractivity contribution in [2.24, 2.45) is 0 Å². The third-order valence-electron chi connectivity index (χ3n) is 15.8. The first-order chi connectivity index (χ1) is 36.0. The van der Waals surface area contributed by atoms with Crippen molar-refractivity contribution in [3.63, 3.8) is 0 Å². The predicted octanol–water partition coefficient (Wildman–Crippen LogP) is 21.2. The lowest BCUT2D eigenvalue weighted by Gasteiger charge is -2.20. The van der Waals surface area contributed by atoms with Crippen LogP contribution in [0.3, 0.4) is 0 Å². The van der Waals surface area contributed by atoms with E-state index in [1.54, 1.807) is 6.08 Å². The highest BCUT2D eigenvalue weighted by atomic mass is 16.5. The number of unbranched alkanes of at least 4 members (excludes halogenated alkanes) is 52. The summed E-state index contributed by atoms with van der Waals surface area (Å²) < 4.78 is 5.49. The summed E-state index contributed by atoms with van der Waals surface area (Å²) in [6.07, 6.45) is 77.1. The average Bonchev–Trinajstić information content (AvgIpc) is 3.39. The van der Waals surface area contributed by atoms with E-state index in [0.29, 0.717) is 19.4 Å². The number of rotatable bonds is 63. The fraction of sp³-hybridized carbons (Fsp3) is 0.940. The van der Waals surface area contributed by atoms with Gasteiger partial charge in [-0.2, -0.15) is 0 Å². The van der Waals surface area contributed by atoms with Gasteiger partial charge in [-0.1, -0.05) is 347 Å². The predicted molar refractivity (Wildman–Crippen MR) is 320 cm³/mol. The molecule has 6 nitrogen and oxygen atoms in total. The van der Waals surface area contributed by atoms with Crippen LogP contribution in [0.2, 0.25) is 0 Å². The van der Waals surface area contributed by atoms with Gasteiger partial charge in [-0.3, -0.25) is 9.59 Å². The third-order valence-corrected chi connectivity index (χ3v) is 15.8. The maximum atomic E-state index is 12.5. The lowest BCUT2D eigenvalue weighted by molar-refractivity contribution is -0.143. The molecular formula is C67H131NO5. The Labute approximate surface area is 457 Å². The van der Waals surface area contributed by atoms with Gasteiger partial charge in [0.05, 0.1) is 25.4 Å².